The van der Waals surface area contributed by atoms with Gasteiger partial charge in [0.05, 0.1) is 5.92 Å². The molecule has 0 radical (unpaired) electrons. The summed E-state index contributed by atoms with van der Waals surface area (Å²) < 4.78 is 78.6. The summed E-state index contributed by atoms with van der Waals surface area (Å²) in [6, 6.07) is 0.409. The Morgan fingerprint density at radius 3 is 2.36 bits per heavy atom. The van der Waals surface area contributed by atoms with E-state index in [1.807, 2.05) is 5.32 Å². The Labute approximate surface area is 119 Å². The Hall–Kier alpha value is -2.13. The van der Waals surface area contributed by atoms with Gasteiger partial charge in [0.25, 0.3) is 0 Å². The molecule has 2 rings (SSSR count). The van der Waals surface area contributed by atoms with E-state index in [4.69, 9.17) is 5.11 Å². The van der Waals surface area contributed by atoms with Gasteiger partial charge in [-0.3, -0.25) is 4.79 Å². The number of nitrogens with one attached hydrogen (secondary N) is 1. The largest absolute Gasteiger partial charge is 0.573 e. The van der Waals surface area contributed by atoms with Crippen LogP contribution in [0.1, 0.15) is 5.56 Å². The molecule has 2 atom stereocenters. The first-order chi connectivity index (χ1) is 9.97. The van der Waals surface area contributed by atoms with Crippen LogP contribution in [0.2, 0.25) is 0 Å². The number of carboxylic acids is 1. The number of hydrogen-bond acceptors (Lipinski definition) is 3. The van der Waals surface area contributed by atoms with E-state index < -0.39 is 42.6 Å². The van der Waals surface area contributed by atoms with E-state index in [9.17, 15) is 31.1 Å². The normalized spacial score (nSPS) is 21.7. The summed E-state index contributed by atoms with van der Waals surface area (Å²) in [7, 11) is 0. The van der Waals surface area contributed by atoms with Gasteiger partial charge in [0.1, 0.15) is 11.8 Å². The van der Waals surface area contributed by atoms with E-state index in [-0.39, 0.29) is 11.3 Å². The number of hydrogen-bond donors (Lipinski definition) is 2. The number of fused-ring (bicyclic) bond motifs is 1. The van der Waals surface area contributed by atoms with Crippen molar-refractivity contribution >= 4 is 11.7 Å². The summed E-state index contributed by atoms with van der Waals surface area (Å²) in [6.45, 7) is 0. The van der Waals surface area contributed by atoms with Crippen LogP contribution in [0, 0.1) is 5.92 Å². The molecule has 4 nitrogen and oxygen atoms in total. The maximum absolute atomic E-state index is 12.8. The number of anilines is 1. The Kier molecular flexibility index (Phi) is 3.88. The summed E-state index contributed by atoms with van der Waals surface area (Å²) in [5.74, 6) is -4.15. The first-order valence-electron chi connectivity index (χ1n) is 5.92. The lowest BCUT2D eigenvalue weighted by Crippen LogP contribution is -2.49. The highest BCUT2D eigenvalue weighted by Crippen LogP contribution is 2.38. The number of alkyl halides is 6. The molecular weight excluding hydrogens is 320 g/mol. The lowest BCUT2D eigenvalue weighted by atomic mass is 9.87. The van der Waals surface area contributed by atoms with Gasteiger partial charge in [-0.1, -0.05) is 0 Å². The minimum atomic E-state index is -4.95. The van der Waals surface area contributed by atoms with Gasteiger partial charge < -0.3 is 15.2 Å². The van der Waals surface area contributed by atoms with E-state index in [0.717, 1.165) is 18.2 Å². The zero-order chi connectivity index (χ0) is 16.7. The second-order valence-electron chi connectivity index (χ2n) is 4.68. The fourth-order valence-electron chi connectivity index (χ4n) is 2.24. The molecule has 0 amide bonds. The van der Waals surface area contributed by atoms with Gasteiger partial charge in [-0.15, -0.1) is 13.2 Å². The summed E-state index contributed by atoms with van der Waals surface area (Å²) >= 11 is 0. The first-order valence-corrected chi connectivity index (χ1v) is 5.92. The van der Waals surface area contributed by atoms with Crippen LogP contribution in [0.4, 0.5) is 32.0 Å². The Bertz CT molecular complexity index is 583. The summed E-state index contributed by atoms with van der Waals surface area (Å²) in [6.07, 6.45) is -10.3. The molecule has 0 saturated carbocycles. The van der Waals surface area contributed by atoms with Crippen LogP contribution in [-0.2, 0) is 11.2 Å². The highest BCUT2D eigenvalue weighted by atomic mass is 19.4. The molecule has 0 saturated heterocycles. The number of carboxylic acid groups (broad SMARTS) is 1. The van der Waals surface area contributed by atoms with Gasteiger partial charge in [0.2, 0.25) is 0 Å². The van der Waals surface area contributed by atoms with Crippen molar-refractivity contribution in [3.63, 3.8) is 0 Å². The van der Waals surface area contributed by atoms with Gasteiger partial charge >= 0.3 is 18.5 Å². The van der Waals surface area contributed by atoms with Crippen LogP contribution >= 0.6 is 0 Å². The molecule has 0 spiro atoms. The van der Waals surface area contributed by atoms with Crippen molar-refractivity contribution in [3.05, 3.63) is 23.8 Å². The molecule has 1 aromatic rings. The Morgan fingerprint density at radius 2 is 1.86 bits per heavy atom. The van der Waals surface area contributed by atoms with Crippen LogP contribution < -0.4 is 10.1 Å². The fourth-order valence-corrected chi connectivity index (χ4v) is 2.24. The van der Waals surface area contributed by atoms with Crippen molar-refractivity contribution in [2.45, 2.75) is 25.0 Å². The van der Waals surface area contributed by atoms with E-state index in [1.165, 1.54) is 0 Å². The maximum Gasteiger partial charge on any atom is 0.573 e. The van der Waals surface area contributed by atoms with Crippen molar-refractivity contribution < 1.29 is 41.0 Å². The number of rotatable bonds is 2. The second kappa shape index (κ2) is 5.25. The van der Waals surface area contributed by atoms with Gasteiger partial charge in [-0.2, -0.15) is 13.2 Å². The van der Waals surface area contributed by atoms with Crippen molar-refractivity contribution in [2.24, 2.45) is 5.92 Å². The lowest BCUT2D eigenvalue weighted by molar-refractivity contribution is -0.274. The lowest BCUT2D eigenvalue weighted by Gasteiger charge is -2.33. The number of aliphatic carboxylic acids is 1. The molecular formula is C12H9F6NO3. The molecule has 0 aromatic heterocycles. The molecule has 10 heteroatoms. The molecule has 0 bridgehead atoms. The molecule has 1 aromatic carbocycles. The number of carbonyl (C=O) groups is 1. The van der Waals surface area contributed by atoms with E-state index in [0.29, 0.717) is 0 Å². The third-order valence-corrected chi connectivity index (χ3v) is 3.13. The fraction of sp³-hybridized carbons (Fsp3) is 0.417. The minimum Gasteiger partial charge on any atom is -0.481 e. The minimum absolute atomic E-state index is 0.00894. The van der Waals surface area contributed by atoms with Gasteiger partial charge in [0, 0.05) is 5.69 Å². The van der Waals surface area contributed by atoms with E-state index in [1.54, 1.807) is 0 Å². The summed E-state index contributed by atoms with van der Waals surface area (Å²) in [5, 5.41) is 10.9. The van der Waals surface area contributed by atoms with Crippen LogP contribution in [0.25, 0.3) is 0 Å². The van der Waals surface area contributed by atoms with Crippen LogP contribution in [0.5, 0.6) is 5.75 Å². The highest BCUT2D eigenvalue weighted by molar-refractivity contribution is 5.75. The topological polar surface area (TPSA) is 58.6 Å². The number of benzene rings is 1. The van der Waals surface area contributed by atoms with Crippen LogP contribution in [0.15, 0.2) is 18.2 Å². The van der Waals surface area contributed by atoms with Gasteiger partial charge in [-0.05, 0) is 30.2 Å². The van der Waals surface area contributed by atoms with Crippen LogP contribution in [-0.4, -0.2) is 29.7 Å². The predicted molar refractivity (Wildman–Crippen MR) is 61.4 cm³/mol. The predicted octanol–water partition coefficient (Wildman–Crippen LogP) is 3.18. The molecule has 0 fully saturated rings. The smallest absolute Gasteiger partial charge is 0.481 e. The molecule has 1 heterocycles. The zero-order valence-corrected chi connectivity index (χ0v) is 10.6. The average Bonchev–Trinajstić information content (AvgIpc) is 2.33. The SMILES string of the molecule is O=C(O)C1Cc2cc(OC(F)(F)F)ccc2NC1C(F)(F)F. The molecule has 22 heavy (non-hydrogen) atoms. The molecule has 122 valence electrons. The van der Waals surface area contributed by atoms with Gasteiger partial charge in [0.15, 0.2) is 0 Å². The highest BCUT2D eigenvalue weighted by Gasteiger charge is 2.50. The Morgan fingerprint density at radius 1 is 1.23 bits per heavy atom. The molecule has 0 aliphatic carbocycles. The summed E-state index contributed by atoms with van der Waals surface area (Å²) in [4.78, 5) is 11.0. The second-order valence-corrected chi connectivity index (χ2v) is 4.68. The zero-order valence-electron chi connectivity index (χ0n) is 10.6. The molecule has 1 aliphatic rings. The summed E-state index contributed by atoms with van der Waals surface area (Å²) in [5.41, 5.74) is -0.0657. The molecule has 2 unspecified atom stereocenters. The Balaban J connectivity index is 2.33. The third-order valence-electron chi connectivity index (χ3n) is 3.13. The number of ether oxygens (including phenoxy) is 1. The van der Waals surface area contributed by atoms with Crippen molar-refractivity contribution in [3.8, 4) is 5.75 Å². The van der Waals surface area contributed by atoms with Crippen molar-refractivity contribution in [2.75, 3.05) is 5.32 Å². The first kappa shape index (κ1) is 16.2. The van der Waals surface area contributed by atoms with Crippen molar-refractivity contribution in [1.29, 1.82) is 0 Å². The third kappa shape index (κ3) is 3.55. The van der Waals surface area contributed by atoms with E-state index in [2.05, 4.69) is 4.74 Å². The number of halogens is 6. The van der Waals surface area contributed by atoms with Gasteiger partial charge in [-0.25, -0.2) is 0 Å². The van der Waals surface area contributed by atoms with Crippen LogP contribution in [0.3, 0.4) is 0 Å². The standard InChI is InChI=1S/C12H9F6NO3/c13-11(14,15)9-7(10(20)21)4-5-3-6(22-12(16,17)18)1-2-8(5)19-9/h1-3,7,9,19H,4H2,(H,20,21). The monoisotopic (exact) mass is 329 g/mol. The average molecular weight is 329 g/mol. The molecule has 2 N–H and O–H groups in total. The van der Waals surface area contributed by atoms with Crippen molar-refractivity contribution in [1.82, 2.24) is 0 Å². The van der Waals surface area contributed by atoms with E-state index >= 15 is 0 Å². The quantitative estimate of drug-likeness (QED) is 0.818. The molecule has 1 aliphatic heterocycles. The maximum atomic E-state index is 12.8.